The molecule has 0 aliphatic carbocycles. The fourth-order valence-corrected chi connectivity index (χ4v) is 2.67. The highest BCUT2D eigenvalue weighted by Crippen LogP contribution is 2.34. The molecule has 0 saturated carbocycles. The Morgan fingerprint density at radius 2 is 1.86 bits per heavy atom. The highest BCUT2D eigenvalue weighted by atomic mass is 35.5. The van der Waals surface area contributed by atoms with E-state index < -0.39 is 0 Å². The maximum atomic E-state index is 6.56. The van der Waals surface area contributed by atoms with Crippen molar-refractivity contribution in [1.82, 2.24) is 4.98 Å². The van der Waals surface area contributed by atoms with Crippen LogP contribution in [0, 0.1) is 6.92 Å². The van der Waals surface area contributed by atoms with Crippen molar-refractivity contribution >= 4 is 22.5 Å². The van der Waals surface area contributed by atoms with Crippen LogP contribution in [0.25, 0.3) is 22.2 Å². The Hall–Kier alpha value is -2.06. The van der Waals surface area contributed by atoms with Crippen molar-refractivity contribution in [2.75, 3.05) is 6.61 Å². The quantitative estimate of drug-likeness (QED) is 0.657. The van der Waals surface area contributed by atoms with Crippen LogP contribution in [-0.4, -0.2) is 11.6 Å². The molecule has 1 heterocycles. The van der Waals surface area contributed by atoms with E-state index in [0.717, 1.165) is 38.5 Å². The summed E-state index contributed by atoms with van der Waals surface area (Å²) in [5.74, 6) is 0.820. The summed E-state index contributed by atoms with van der Waals surface area (Å²) in [6.07, 6.45) is 0. The molecule has 0 fully saturated rings. The van der Waals surface area contributed by atoms with E-state index in [9.17, 15) is 0 Å². The molecular weight excluding hydrogens is 282 g/mol. The van der Waals surface area contributed by atoms with Crippen molar-refractivity contribution in [3.05, 3.63) is 59.1 Å². The maximum absolute atomic E-state index is 6.56. The number of pyridine rings is 1. The highest BCUT2D eigenvalue weighted by molar-refractivity contribution is 6.36. The molecule has 2 nitrogen and oxygen atoms in total. The molecule has 1 aromatic heterocycles. The summed E-state index contributed by atoms with van der Waals surface area (Å²) in [5.41, 5.74) is 3.88. The number of nitrogens with zero attached hydrogens (tertiary/aromatic N) is 1. The number of benzene rings is 2. The lowest BCUT2D eigenvalue weighted by atomic mass is 10.0. The predicted molar refractivity (Wildman–Crippen MR) is 88.1 cm³/mol. The third-order valence-corrected chi connectivity index (χ3v) is 3.97. The smallest absolute Gasteiger partial charge is 0.120 e. The molecule has 0 bridgehead atoms. The monoisotopic (exact) mass is 297 g/mol. The van der Waals surface area contributed by atoms with E-state index in [4.69, 9.17) is 21.3 Å². The molecule has 0 amide bonds. The summed E-state index contributed by atoms with van der Waals surface area (Å²) in [6.45, 7) is 4.61. The highest BCUT2D eigenvalue weighted by Gasteiger charge is 2.12. The summed E-state index contributed by atoms with van der Waals surface area (Å²) in [4.78, 5) is 4.77. The molecule has 106 valence electrons. The molecular formula is C18H16ClNO. The Bertz CT molecular complexity index is 784. The van der Waals surface area contributed by atoms with Gasteiger partial charge in [0.05, 0.1) is 22.8 Å². The second-order valence-corrected chi connectivity index (χ2v) is 5.26. The van der Waals surface area contributed by atoms with Crippen molar-refractivity contribution in [2.45, 2.75) is 13.8 Å². The van der Waals surface area contributed by atoms with Crippen LogP contribution < -0.4 is 4.74 Å². The maximum Gasteiger partial charge on any atom is 0.120 e. The zero-order chi connectivity index (χ0) is 14.8. The average molecular weight is 298 g/mol. The lowest BCUT2D eigenvalue weighted by Crippen LogP contribution is -1.94. The zero-order valence-corrected chi connectivity index (χ0v) is 12.8. The number of ether oxygens (including phenoxy) is 1. The van der Waals surface area contributed by atoms with Crippen LogP contribution in [-0.2, 0) is 0 Å². The Labute approximate surface area is 129 Å². The number of rotatable bonds is 3. The Kier molecular flexibility index (Phi) is 3.80. The molecule has 0 atom stereocenters. The van der Waals surface area contributed by atoms with Crippen LogP contribution in [0.1, 0.15) is 12.5 Å². The van der Waals surface area contributed by atoms with E-state index in [1.807, 2.05) is 62.4 Å². The van der Waals surface area contributed by atoms with E-state index in [1.54, 1.807) is 0 Å². The first-order valence-electron chi connectivity index (χ1n) is 6.98. The zero-order valence-electron chi connectivity index (χ0n) is 12.1. The van der Waals surface area contributed by atoms with Gasteiger partial charge in [0.15, 0.2) is 0 Å². The SMILES string of the molecule is CCOc1ccc2nc(-c3ccccc3)c(C)c(Cl)c2c1. The minimum Gasteiger partial charge on any atom is -0.494 e. The summed E-state index contributed by atoms with van der Waals surface area (Å²) in [6, 6.07) is 15.9. The minimum atomic E-state index is 0.637. The fourth-order valence-electron chi connectivity index (χ4n) is 2.43. The summed E-state index contributed by atoms with van der Waals surface area (Å²) in [7, 11) is 0. The molecule has 0 aliphatic rings. The van der Waals surface area contributed by atoms with E-state index in [1.165, 1.54) is 0 Å². The molecule has 21 heavy (non-hydrogen) atoms. The summed E-state index contributed by atoms with van der Waals surface area (Å²) >= 11 is 6.56. The van der Waals surface area contributed by atoms with Crippen molar-refractivity contribution < 1.29 is 4.74 Å². The molecule has 0 spiro atoms. The van der Waals surface area contributed by atoms with Crippen molar-refractivity contribution in [1.29, 1.82) is 0 Å². The van der Waals surface area contributed by atoms with Gasteiger partial charge in [0, 0.05) is 10.9 Å². The van der Waals surface area contributed by atoms with Gasteiger partial charge in [-0.3, -0.25) is 0 Å². The molecule has 0 radical (unpaired) electrons. The van der Waals surface area contributed by atoms with Crippen LogP contribution in [0.4, 0.5) is 0 Å². The van der Waals surface area contributed by atoms with Crippen LogP contribution in [0.3, 0.4) is 0 Å². The number of fused-ring (bicyclic) bond motifs is 1. The van der Waals surface area contributed by atoms with E-state index in [0.29, 0.717) is 6.61 Å². The first kappa shape index (κ1) is 13.9. The number of hydrogen-bond donors (Lipinski definition) is 0. The average Bonchev–Trinajstić information content (AvgIpc) is 2.52. The van der Waals surface area contributed by atoms with Gasteiger partial charge >= 0.3 is 0 Å². The van der Waals surface area contributed by atoms with Crippen LogP contribution >= 0.6 is 11.6 Å². The fraction of sp³-hybridized carbons (Fsp3) is 0.167. The normalized spacial score (nSPS) is 10.8. The van der Waals surface area contributed by atoms with Crippen LogP contribution in [0.15, 0.2) is 48.5 Å². The third kappa shape index (κ3) is 2.59. The van der Waals surface area contributed by atoms with Gasteiger partial charge in [0.1, 0.15) is 5.75 Å². The summed E-state index contributed by atoms with van der Waals surface area (Å²) < 4.78 is 5.54. The first-order chi connectivity index (χ1) is 10.2. The molecule has 0 unspecified atom stereocenters. The van der Waals surface area contributed by atoms with Gasteiger partial charge in [0.25, 0.3) is 0 Å². The Morgan fingerprint density at radius 3 is 2.57 bits per heavy atom. The summed E-state index contributed by atoms with van der Waals surface area (Å²) in [5, 5.41) is 1.67. The van der Waals surface area contributed by atoms with E-state index in [-0.39, 0.29) is 0 Å². The van der Waals surface area contributed by atoms with Gasteiger partial charge in [-0.25, -0.2) is 4.98 Å². The lowest BCUT2D eigenvalue weighted by Gasteiger charge is -2.12. The van der Waals surface area contributed by atoms with Crippen LogP contribution in [0.2, 0.25) is 5.02 Å². The standard InChI is InChI=1S/C18H16ClNO/c1-3-21-14-9-10-16-15(11-14)17(19)12(2)18(20-16)13-7-5-4-6-8-13/h4-11H,3H2,1-2H3. The predicted octanol–water partition coefficient (Wildman–Crippen LogP) is 5.26. The third-order valence-electron chi connectivity index (χ3n) is 3.48. The van der Waals surface area contributed by atoms with Gasteiger partial charge in [-0.2, -0.15) is 0 Å². The molecule has 3 aromatic rings. The Balaban J connectivity index is 2.22. The molecule has 3 heteroatoms. The second kappa shape index (κ2) is 5.74. The molecule has 3 rings (SSSR count). The van der Waals surface area contributed by atoms with Gasteiger partial charge in [-0.05, 0) is 37.6 Å². The minimum absolute atomic E-state index is 0.637. The van der Waals surface area contributed by atoms with Crippen molar-refractivity contribution in [2.24, 2.45) is 0 Å². The van der Waals surface area contributed by atoms with E-state index >= 15 is 0 Å². The van der Waals surface area contributed by atoms with Gasteiger partial charge in [0.2, 0.25) is 0 Å². The van der Waals surface area contributed by atoms with Gasteiger partial charge in [-0.1, -0.05) is 41.9 Å². The van der Waals surface area contributed by atoms with E-state index in [2.05, 4.69) is 0 Å². The molecule has 0 saturated heterocycles. The lowest BCUT2D eigenvalue weighted by molar-refractivity contribution is 0.340. The number of hydrogen-bond acceptors (Lipinski definition) is 2. The first-order valence-corrected chi connectivity index (χ1v) is 7.36. The molecule has 2 aromatic carbocycles. The molecule has 0 aliphatic heterocycles. The molecule has 0 N–H and O–H groups in total. The Morgan fingerprint density at radius 1 is 1.10 bits per heavy atom. The van der Waals surface area contributed by atoms with Gasteiger partial charge in [-0.15, -0.1) is 0 Å². The second-order valence-electron chi connectivity index (χ2n) is 4.88. The number of halogens is 1. The van der Waals surface area contributed by atoms with Gasteiger partial charge < -0.3 is 4.74 Å². The topological polar surface area (TPSA) is 22.1 Å². The van der Waals surface area contributed by atoms with Crippen LogP contribution in [0.5, 0.6) is 5.75 Å². The largest absolute Gasteiger partial charge is 0.494 e. The number of aromatic nitrogens is 1. The van der Waals surface area contributed by atoms with Crippen molar-refractivity contribution in [3.8, 4) is 17.0 Å². The van der Waals surface area contributed by atoms with Crippen molar-refractivity contribution in [3.63, 3.8) is 0 Å².